The summed E-state index contributed by atoms with van der Waals surface area (Å²) >= 11 is 0. The maximum absolute atomic E-state index is 10.6. The SMILES string of the molecule is CC(/C=C/C=C(\C)c1ccc(C(C)(C)C)c(C(C)(C)C)c1)=C\C(=O)O. The minimum atomic E-state index is -0.921. The number of rotatable bonds is 4. The summed E-state index contributed by atoms with van der Waals surface area (Å²) in [5.41, 5.74) is 6.01. The van der Waals surface area contributed by atoms with Gasteiger partial charge in [0.15, 0.2) is 0 Å². The Labute approximate surface area is 153 Å². The number of carboxylic acid groups (broad SMARTS) is 1. The molecule has 0 spiro atoms. The van der Waals surface area contributed by atoms with Crippen LogP contribution in [0.2, 0.25) is 0 Å². The van der Waals surface area contributed by atoms with Crippen LogP contribution in [-0.2, 0) is 15.6 Å². The van der Waals surface area contributed by atoms with Gasteiger partial charge in [-0.2, -0.15) is 0 Å². The third-order valence-corrected chi connectivity index (χ3v) is 4.15. The smallest absolute Gasteiger partial charge is 0.328 e. The molecule has 0 bridgehead atoms. The van der Waals surface area contributed by atoms with Crippen molar-refractivity contribution in [3.05, 3.63) is 64.8 Å². The second-order valence-electron chi connectivity index (χ2n) is 8.70. The van der Waals surface area contributed by atoms with E-state index in [4.69, 9.17) is 5.11 Å². The Bertz CT molecular complexity index is 717. The van der Waals surface area contributed by atoms with Crippen LogP contribution in [0.5, 0.6) is 0 Å². The molecule has 0 unspecified atom stereocenters. The number of carboxylic acids is 1. The van der Waals surface area contributed by atoms with Crippen molar-refractivity contribution in [2.45, 2.75) is 66.2 Å². The first-order chi connectivity index (χ1) is 11.3. The number of hydrogen-bond acceptors (Lipinski definition) is 1. The normalized spacial score (nSPS) is 14.2. The fraction of sp³-hybridized carbons (Fsp3) is 0.435. The van der Waals surface area contributed by atoms with Crippen LogP contribution in [0.3, 0.4) is 0 Å². The van der Waals surface area contributed by atoms with Gasteiger partial charge in [0.05, 0.1) is 0 Å². The van der Waals surface area contributed by atoms with Gasteiger partial charge in [-0.05, 0) is 52.5 Å². The Kier molecular flexibility index (Phi) is 6.59. The molecule has 0 amide bonds. The molecule has 0 aliphatic heterocycles. The zero-order valence-corrected chi connectivity index (χ0v) is 16.9. The lowest BCUT2D eigenvalue weighted by Gasteiger charge is -2.30. The fourth-order valence-corrected chi connectivity index (χ4v) is 2.75. The lowest BCUT2D eigenvalue weighted by Crippen LogP contribution is -2.22. The van der Waals surface area contributed by atoms with Crippen LogP contribution >= 0.6 is 0 Å². The zero-order chi connectivity index (χ0) is 19.4. The Morgan fingerprint density at radius 3 is 2.00 bits per heavy atom. The second-order valence-corrected chi connectivity index (χ2v) is 8.70. The molecule has 1 aromatic rings. The summed E-state index contributed by atoms with van der Waals surface area (Å²) in [6.07, 6.45) is 6.94. The van der Waals surface area contributed by atoms with E-state index in [1.165, 1.54) is 22.8 Å². The van der Waals surface area contributed by atoms with Gasteiger partial charge in [-0.3, -0.25) is 0 Å². The summed E-state index contributed by atoms with van der Waals surface area (Å²) in [7, 11) is 0. The van der Waals surface area contributed by atoms with Crippen LogP contribution in [0, 0.1) is 0 Å². The third-order valence-electron chi connectivity index (χ3n) is 4.15. The Hall–Kier alpha value is -2.09. The highest BCUT2D eigenvalue weighted by atomic mass is 16.4. The van der Waals surface area contributed by atoms with Crippen LogP contribution in [0.1, 0.15) is 72.1 Å². The van der Waals surface area contributed by atoms with Crippen LogP contribution in [0.4, 0.5) is 0 Å². The van der Waals surface area contributed by atoms with Crippen molar-refractivity contribution in [3.63, 3.8) is 0 Å². The lowest BCUT2D eigenvalue weighted by atomic mass is 9.74. The number of allylic oxidation sites excluding steroid dienone is 5. The molecular formula is C23H32O2. The molecule has 2 nitrogen and oxygen atoms in total. The van der Waals surface area contributed by atoms with Gasteiger partial charge in [-0.1, -0.05) is 78.0 Å². The maximum atomic E-state index is 10.6. The molecule has 0 aromatic heterocycles. The van der Waals surface area contributed by atoms with Crippen LogP contribution < -0.4 is 0 Å². The number of benzene rings is 1. The zero-order valence-electron chi connectivity index (χ0n) is 16.9. The van der Waals surface area contributed by atoms with Gasteiger partial charge in [0.2, 0.25) is 0 Å². The van der Waals surface area contributed by atoms with E-state index in [-0.39, 0.29) is 10.8 Å². The fourth-order valence-electron chi connectivity index (χ4n) is 2.75. The molecular weight excluding hydrogens is 308 g/mol. The molecule has 0 fully saturated rings. The van der Waals surface area contributed by atoms with Gasteiger partial charge in [-0.25, -0.2) is 4.79 Å². The van der Waals surface area contributed by atoms with E-state index in [2.05, 4.69) is 66.7 Å². The standard InChI is InChI=1S/C23H32O2/c1-16(14-21(24)25)10-9-11-17(2)18-12-13-19(22(3,4)5)20(15-18)23(6,7)8/h9-15H,1-8H3,(H,24,25)/b10-9+,16-14+,17-11+. The van der Waals surface area contributed by atoms with Gasteiger partial charge in [0.25, 0.3) is 0 Å². The summed E-state index contributed by atoms with van der Waals surface area (Å²) in [5, 5.41) is 8.74. The summed E-state index contributed by atoms with van der Waals surface area (Å²) in [4.78, 5) is 10.6. The first-order valence-electron chi connectivity index (χ1n) is 8.74. The highest BCUT2D eigenvalue weighted by Crippen LogP contribution is 2.35. The number of carbonyl (C=O) groups is 1. The predicted octanol–water partition coefficient (Wildman–Crippen LogP) is 6.27. The molecule has 136 valence electrons. The third kappa shape index (κ3) is 6.38. The lowest BCUT2D eigenvalue weighted by molar-refractivity contribution is -0.131. The average Bonchev–Trinajstić information content (AvgIpc) is 2.43. The minimum Gasteiger partial charge on any atom is -0.478 e. The average molecular weight is 341 g/mol. The molecule has 0 aliphatic carbocycles. The molecule has 0 saturated carbocycles. The molecule has 25 heavy (non-hydrogen) atoms. The second kappa shape index (κ2) is 7.86. The summed E-state index contributed by atoms with van der Waals surface area (Å²) in [6.45, 7) is 17.4. The minimum absolute atomic E-state index is 0.0789. The summed E-state index contributed by atoms with van der Waals surface area (Å²) in [5.74, 6) is -0.921. The van der Waals surface area contributed by atoms with Crippen LogP contribution in [0.15, 0.2) is 48.1 Å². The molecule has 0 saturated heterocycles. The van der Waals surface area contributed by atoms with Gasteiger partial charge in [-0.15, -0.1) is 0 Å². The topological polar surface area (TPSA) is 37.3 Å². The number of hydrogen-bond donors (Lipinski definition) is 1. The van der Waals surface area contributed by atoms with Gasteiger partial charge in [0.1, 0.15) is 0 Å². The van der Waals surface area contributed by atoms with E-state index < -0.39 is 5.97 Å². The highest BCUT2D eigenvalue weighted by molar-refractivity contribution is 5.81. The number of aliphatic carboxylic acids is 1. The van der Waals surface area contributed by atoms with Crippen molar-refractivity contribution >= 4 is 11.5 Å². The molecule has 0 atom stereocenters. The maximum Gasteiger partial charge on any atom is 0.328 e. The summed E-state index contributed by atoms with van der Waals surface area (Å²) < 4.78 is 0. The first kappa shape index (κ1) is 21.0. The monoisotopic (exact) mass is 340 g/mol. The molecule has 1 aromatic carbocycles. The first-order valence-corrected chi connectivity index (χ1v) is 8.74. The van der Waals surface area contributed by atoms with Gasteiger partial charge in [0, 0.05) is 6.08 Å². The predicted molar refractivity (Wildman–Crippen MR) is 108 cm³/mol. The van der Waals surface area contributed by atoms with Gasteiger partial charge < -0.3 is 5.11 Å². The van der Waals surface area contributed by atoms with E-state index in [0.717, 1.165) is 11.1 Å². The molecule has 1 rings (SSSR count). The van der Waals surface area contributed by atoms with Gasteiger partial charge >= 0.3 is 5.97 Å². The van der Waals surface area contributed by atoms with E-state index in [1.807, 2.05) is 18.2 Å². The van der Waals surface area contributed by atoms with Crippen LogP contribution in [0.25, 0.3) is 5.57 Å². The van der Waals surface area contributed by atoms with E-state index >= 15 is 0 Å². The molecule has 1 N–H and O–H groups in total. The Morgan fingerprint density at radius 2 is 1.52 bits per heavy atom. The molecule has 0 heterocycles. The largest absolute Gasteiger partial charge is 0.478 e. The Morgan fingerprint density at radius 1 is 0.960 bits per heavy atom. The summed E-state index contributed by atoms with van der Waals surface area (Å²) in [6, 6.07) is 6.71. The van der Waals surface area contributed by atoms with Crippen molar-refractivity contribution in [3.8, 4) is 0 Å². The van der Waals surface area contributed by atoms with Crippen molar-refractivity contribution in [2.75, 3.05) is 0 Å². The van der Waals surface area contributed by atoms with Crippen molar-refractivity contribution in [1.82, 2.24) is 0 Å². The van der Waals surface area contributed by atoms with Crippen molar-refractivity contribution in [1.29, 1.82) is 0 Å². The van der Waals surface area contributed by atoms with Crippen LogP contribution in [-0.4, -0.2) is 11.1 Å². The highest BCUT2D eigenvalue weighted by Gasteiger charge is 2.25. The van der Waals surface area contributed by atoms with E-state index in [9.17, 15) is 4.79 Å². The van der Waals surface area contributed by atoms with E-state index in [0.29, 0.717) is 0 Å². The molecule has 0 aliphatic rings. The van der Waals surface area contributed by atoms with Crippen molar-refractivity contribution < 1.29 is 9.90 Å². The Balaban J connectivity index is 3.24. The van der Waals surface area contributed by atoms with Crippen molar-refractivity contribution in [2.24, 2.45) is 0 Å². The van der Waals surface area contributed by atoms with E-state index in [1.54, 1.807) is 6.92 Å². The molecule has 0 radical (unpaired) electrons. The quantitative estimate of drug-likeness (QED) is 0.518. The molecule has 2 heteroatoms.